The number of hydrogen-bond donors (Lipinski definition) is 1. The van der Waals surface area contributed by atoms with Gasteiger partial charge in [0.05, 0.1) is 5.56 Å². The van der Waals surface area contributed by atoms with Crippen molar-refractivity contribution in [1.82, 2.24) is 4.90 Å². The lowest BCUT2D eigenvalue weighted by atomic mass is 9.76. The van der Waals surface area contributed by atoms with Crippen LogP contribution in [0.2, 0.25) is 0 Å². The minimum Gasteiger partial charge on any atom is -0.505 e. The van der Waals surface area contributed by atoms with Crippen LogP contribution in [0, 0.1) is 17.7 Å². The number of rotatable bonds is 4. The Morgan fingerprint density at radius 2 is 2.00 bits per heavy atom. The lowest BCUT2D eigenvalue weighted by molar-refractivity contribution is -0.123. The Morgan fingerprint density at radius 1 is 1.33 bits per heavy atom. The lowest BCUT2D eigenvalue weighted by Gasteiger charge is -2.36. The molecule has 130 valence electrons. The summed E-state index contributed by atoms with van der Waals surface area (Å²) in [5.74, 6) is -0.791. The van der Waals surface area contributed by atoms with Gasteiger partial charge in [0.2, 0.25) is 0 Å². The van der Waals surface area contributed by atoms with E-state index in [0.29, 0.717) is 30.2 Å². The number of carbonyl (C=O) groups is 2. The number of halogens is 1. The number of fused-ring (bicyclic) bond motifs is 1. The van der Waals surface area contributed by atoms with Gasteiger partial charge in [-0.05, 0) is 50.2 Å². The van der Waals surface area contributed by atoms with Crippen molar-refractivity contribution in [3.8, 4) is 5.75 Å². The van der Waals surface area contributed by atoms with E-state index in [2.05, 4.69) is 0 Å². The first-order chi connectivity index (χ1) is 11.4. The molecule has 3 rings (SSSR count). The van der Waals surface area contributed by atoms with E-state index in [0.717, 1.165) is 25.7 Å². The van der Waals surface area contributed by atoms with Crippen LogP contribution in [0.1, 0.15) is 61.9 Å². The van der Waals surface area contributed by atoms with Crippen LogP contribution >= 0.6 is 0 Å². The highest BCUT2D eigenvalue weighted by Crippen LogP contribution is 2.37. The molecule has 1 aromatic rings. The zero-order valence-corrected chi connectivity index (χ0v) is 14.2. The molecule has 1 unspecified atom stereocenters. The van der Waals surface area contributed by atoms with Crippen molar-refractivity contribution in [2.75, 3.05) is 0 Å². The average molecular weight is 333 g/mol. The molecular formula is C19H24FNO3. The van der Waals surface area contributed by atoms with Gasteiger partial charge in [-0.25, -0.2) is 4.39 Å². The second-order valence-electron chi connectivity index (χ2n) is 7.04. The molecule has 1 heterocycles. The normalized spacial score (nSPS) is 24.8. The molecule has 5 heteroatoms. The molecule has 4 nitrogen and oxygen atoms in total. The van der Waals surface area contributed by atoms with Crippen molar-refractivity contribution in [2.24, 2.45) is 11.8 Å². The van der Waals surface area contributed by atoms with Gasteiger partial charge in [-0.3, -0.25) is 9.59 Å². The minimum absolute atomic E-state index is 0.00382. The number of amides is 1. The molecule has 1 amide bonds. The third-order valence-corrected chi connectivity index (χ3v) is 5.77. The number of phenols is 1. The number of nitrogens with zero attached hydrogens (tertiary/aromatic N) is 1. The maximum Gasteiger partial charge on any atom is 0.257 e. The summed E-state index contributed by atoms with van der Waals surface area (Å²) in [5, 5.41) is 9.50. The standard InChI is InChI=1S/C19H24FNO3/c1-3-15(22)13-6-4-12(5-7-13)11(2)21-10-14-8-9-16(23)18(20)17(14)19(21)24/h8-9,11-13,23H,3-7,10H2,1-2H3. The van der Waals surface area contributed by atoms with Crippen LogP contribution in [0.5, 0.6) is 5.75 Å². The Balaban J connectivity index is 1.69. The third-order valence-electron chi connectivity index (χ3n) is 5.77. The molecule has 0 spiro atoms. The first-order valence-corrected chi connectivity index (χ1v) is 8.78. The van der Waals surface area contributed by atoms with Crippen molar-refractivity contribution < 1.29 is 19.1 Å². The Kier molecular flexibility index (Phi) is 4.61. The molecule has 0 bridgehead atoms. The molecule has 1 atom stereocenters. The maximum absolute atomic E-state index is 14.1. The van der Waals surface area contributed by atoms with Gasteiger partial charge in [0.15, 0.2) is 11.6 Å². The molecule has 0 aromatic heterocycles. The molecule has 2 aliphatic rings. The van der Waals surface area contributed by atoms with E-state index >= 15 is 0 Å². The summed E-state index contributed by atoms with van der Waals surface area (Å²) in [5.41, 5.74) is 0.647. The van der Waals surface area contributed by atoms with Gasteiger partial charge in [0, 0.05) is 24.9 Å². The Hall–Kier alpha value is -1.91. The van der Waals surface area contributed by atoms with Gasteiger partial charge >= 0.3 is 0 Å². The fourth-order valence-corrected chi connectivity index (χ4v) is 4.16. The van der Waals surface area contributed by atoms with Crippen molar-refractivity contribution >= 4 is 11.7 Å². The summed E-state index contributed by atoms with van der Waals surface area (Å²) in [6.45, 7) is 4.30. The van der Waals surface area contributed by atoms with E-state index in [1.54, 1.807) is 11.0 Å². The second-order valence-corrected chi connectivity index (χ2v) is 7.04. The zero-order chi connectivity index (χ0) is 17.4. The fourth-order valence-electron chi connectivity index (χ4n) is 4.16. The predicted octanol–water partition coefficient (Wildman–Crippen LogP) is 3.66. The number of carbonyl (C=O) groups excluding carboxylic acids is 2. The zero-order valence-electron chi connectivity index (χ0n) is 14.2. The molecular weight excluding hydrogens is 309 g/mol. The van der Waals surface area contributed by atoms with Crippen LogP contribution in [0.15, 0.2) is 12.1 Å². The topological polar surface area (TPSA) is 57.6 Å². The van der Waals surface area contributed by atoms with Crippen LogP contribution < -0.4 is 0 Å². The Bertz CT molecular complexity index is 665. The molecule has 1 N–H and O–H groups in total. The monoisotopic (exact) mass is 333 g/mol. The molecule has 0 radical (unpaired) electrons. The Morgan fingerprint density at radius 3 is 2.62 bits per heavy atom. The van der Waals surface area contributed by atoms with Crippen molar-refractivity contribution in [1.29, 1.82) is 0 Å². The van der Waals surface area contributed by atoms with Crippen LogP contribution in [-0.2, 0) is 11.3 Å². The molecule has 0 saturated heterocycles. The summed E-state index contributed by atoms with van der Waals surface area (Å²) >= 11 is 0. The van der Waals surface area contributed by atoms with Gasteiger partial charge in [-0.15, -0.1) is 0 Å². The van der Waals surface area contributed by atoms with Gasteiger partial charge in [0.25, 0.3) is 5.91 Å². The molecule has 1 aromatic carbocycles. The van der Waals surface area contributed by atoms with Gasteiger partial charge in [0.1, 0.15) is 5.78 Å². The highest BCUT2D eigenvalue weighted by molar-refractivity contribution is 5.99. The molecule has 1 saturated carbocycles. The van der Waals surface area contributed by atoms with Crippen molar-refractivity contribution in [2.45, 2.75) is 58.5 Å². The summed E-state index contributed by atoms with van der Waals surface area (Å²) in [6.07, 6.45) is 4.20. The first kappa shape index (κ1) is 16.9. The third kappa shape index (κ3) is 2.80. The van der Waals surface area contributed by atoms with Crippen LogP contribution in [0.3, 0.4) is 0 Å². The number of hydrogen-bond acceptors (Lipinski definition) is 3. The van der Waals surface area contributed by atoms with Gasteiger partial charge in [-0.1, -0.05) is 13.0 Å². The number of phenolic OH excluding ortho intramolecular Hbond substituents is 1. The summed E-state index contributed by atoms with van der Waals surface area (Å²) in [7, 11) is 0. The minimum atomic E-state index is -0.815. The van der Waals surface area contributed by atoms with E-state index in [9.17, 15) is 19.1 Å². The predicted molar refractivity (Wildman–Crippen MR) is 88.1 cm³/mol. The van der Waals surface area contributed by atoms with E-state index in [1.165, 1.54) is 6.07 Å². The molecule has 1 aliphatic carbocycles. The number of ketones is 1. The Labute approximate surface area is 141 Å². The van der Waals surface area contributed by atoms with E-state index in [4.69, 9.17) is 0 Å². The average Bonchev–Trinajstić information content (AvgIpc) is 2.94. The SMILES string of the molecule is CCC(=O)C1CCC(C(C)N2Cc3ccc(O)c(F)c3C2=O)CC1. The van der Waals surface area contributed by atoms with Gasteiger partial charge in [-0.2, -0.15) is 0 Å². The summed E-state index contributed by atoms with van der Waals surface area (Å²) < 4.78 is 14.1. The lowest BCUT2D eigenvalue weighted by Crippen LogP contribution is -2.40. The number of benzene rings is 1. The fraction of sp³-hybridized carbons (Fsp3) is 0.579. The highest BCUT2D eigenvalue weighted by atomic mass is 19.1. The maximum atomic E-state index is 14.1. The van der Waals surface area contributed by atoms with E-state index in [-0.39, 0.29) is 23.4 Å². The highest BCUT2D eigenvalue weighted by Gasteiger charge is 2.38. The van der Waals surface area contributed by atoms with Gasteiger partial charge < -0.3 is 10.0 Å². The molecule has 1 fully saturated rings. The summed E-state index contributed by atoms with van der Waals surface area (Å²) in [4.78, 5) is 26.1. The first-order valence-electron chi connectivity index (χ1n) is 8.78. The largest absolute Gasteiger partial charge is 0.505 e. The van der Waals surface area contributed by atoms with Crippen LogP contribution in [0.4, 0.5) is 4.39 Å². The van der Waals surface area contributed by atoms with Crippen LogP contribution in [-0.4, -0.2) is 27.7 Å². The van der Waals surface area contributed by atoms with E-state index in [1.807, 2.05) is 13.8 Å². The molecule has 24 heavy (non-hydrogen) atoms. The quantitative estimate of drug-likeness (QED) is 0.915. The summed E-state index contributed by atoms with van der Waals surface area (Å²) in [6, 6.07) is 2.93. The molecule has 1 aliphatic heterocycles. The van der Waals surface area contributed by atoms with Crippen molar-refractivity contribution in [3.05, 3.63) is 29.1 Å². The second kappa shape index (κ2) is 6.54. The smallest absolute Gasteiger partial charge is 0.257 e. The number of Topliss-reactive ketones (excluding diaryl/α,β-unsaturated/α-hetero) is 1. The van der Waals surface area contributed by atoms with Crippen molar-refractivity contribution in [3.63, 3.8) is 0 Å². The van der Waals surface area contributed by atoms with E-state index < -0.39 is 11.6 Å². The van der Waals surface area contributed by atoms with Crippen LogP contribution in [0.25, 0.3) is 0 Å². The number of aromatic hydroxyl groups is 1.